The first-order valence-electron chi connectivity index (χ1n) is 9.11. The van der Waals surface area contributed by atoms with Gasteiger partial charge in [0.05, 0.1) is 18.4 Å². The Balaban J connectivity index is 1.81. The van der Waals surface area contributed by atoms with Crippen LogP contribution in [0, 0.1) is 27.7 Å². The number of carbonyl (C=O) groups is 1. The van der Waals surface area contributed by atoms with Crippen molar-refractivity contribution in [1.82, 2.24) is 14.8 Å². The summed E-state index contributed by atoms with van der Waals surface area (Å²) in [5.41, 5.74) is 6.30. The number of benzene rings is 2. The minimum Gasteiger partial charge on any atom is -0.496 e. The number of carbonyl (C=O) groups excluding carboxylic acids is 1. The summed E-state index contributed by atoms with van der Waals surface area (Å²) in [5.74, 6) is 1.88. The maximum atomic E-state index is 12.8. The molecule has 0 aliphatic heterocycles. The minimum atomic E-state index is 0.107. The molecule has 0 saturated heterocycles. The second-order valence-corrected chi connectivity index (χ2v) is 7.84. The summed E-state index contributed by atoms with van der Waals surface area (Å²) in [4.78, 5) is 12.8. The normalized spacial score (nSPS) is 10.9. The fourth-order valence-electron chi connectivity index (χ4n) is 3.21. The van der Waals surface area contributed by atoms with E-state index in [2.05, 4.69) is 24.0 Å². The number of methoxy groups -OCH3 is 1. The molecule has 0 spiro atoms. The van der Waals surface area contributed by atoms with Gasteiger partial charge >= 0.3 is 0 Å². The van der Waals surface area contributed by atoms with Crippen LogP contribution in [-0.4, -0.2) is 33.4 Å². The average Bonchev–Trinajstić information content (AvgIpc) is 3.07. The zero-order valence-electron chi connectivity index (χ0n) is 17.2. The molecule has 3 aromatic rings. The van der Waals surface area contributed by atoms with Crippen LogP contribution in [0.3, 0.4) is 0 Å². The number of aryl methyl sites for hydroxylation is 1. The van der Waals surface area contributed by atoms with Crippen molar-refractivity contribution >= 4 is 17.5 Å². The number of ether oxygens (including phenoxy) is 1. The molecule has 6 heteroatoms. The summed E-state index contributed by atoms with van der Waals surface area (Å²) >= 11 is 1.40. The lowest BCUT2D eigenvalue weighted by Crippen LogP contribution is -2.08. The van der Waals surface area contributed by atoms with Crippen molar-refractivity contribution in [3.05, 3.63) is 58.1 Å². The molecule has 0 atom stereocenters. The monoisotopic (exact) mass is 395 g/mol. The number of aromatic nitrogens is 3. The van der Waals surface area contributed by atoms with Crippen molar-refractivity contribution < 1.29 is 9.53 Å². The average molecular weight is 396 g/mol. The van der Waals surface area contributed by atoms with E-state index in [-0.39, 0.29) is 5.78 Å². The molecule has 0 unspecified atom stereocenters. The molecule has 0 N–H and O–H groups in total. The number of nitrogens with zero attached hydrogens (tertiary/aromatic N) is 3. The van der Waals surface area contributed by atoms with Gasteiger partial charge in [-0.1, -0.05) is 23.9 Å². The Kier molecular flexibility index (Phi) is 5.89. The predicted octanol–water partition coefficient (Wildman–Crippen LogP) is 4.70. The van der Waals surface area contributed by atoms with Crippen molar-refractivity contribution in [1.29, 1.82) is 0 Å². The van der Waals surface area contributed by atoms with E-state index in [0.29, 0.717) is 16.7 Å². The molecular formula is C22H25N3O2S. The zero-order chi connectivity index (χ0) is 20.4. The largest absolute Gasteiger partial charge is 0.496 e. The van der Waals surface area contributed by atoms with E-state index < -0.39 is 0 Å². The van der Waals surface area contributed by atoms with Crippen LogP contribution in [0.25, 0.3) is 11.4 Å². The summed E-state index contributed by atoms with van der Waals surface area (Å²) in [6.07, 6.45) is 0. The molecule has 5 nitrogen and oxygen atoms in total. The van der Waals surface area contributed by atoms with Crippen LogP contribution in [-0.2, 0) is 7.05 Å². The van der Waals surface area contributed by atoms with E-state index in [1.807, 2.05) is 55.8 Å². The molecule has 0 radical (unpaired) electrons. The second kappa shape index (κ2) is 8.19. The summed E-state index contributed by atoms with van der Waals surface area (Å²) in [6.45, 7) is 8.24. The highest BCUT2D eigenvalue weighted by Crippen LogP contribution is 2.30. The van der Waals surface area contributed by atoms with Crippen LogP contribution in [0.15, 0.2) is 35.5 Å². The second-order valence-electron chi connectivity index (χ2n) is 6.89. The molecule has 0 aliphatic rings. The highest BCUT2D eigenvalue weighted by atomic mass is 32.2. The molecule has 3 rings (SSSR count). The smallest absolute Gasteiger partial charge is 0.191 e. The molecule has 1 aromatic heterocycles. The molecule has 1 heterocycles. The lowest BCUT2D eigenvalue weighted by molar-refractivity contribution is 0.102. The van der Waals surface area contributed by atoms with Gasteiger partial charge in [-0.25, -0.2) is 0 Å². The molecular weight excluding hydrogens is 370 g/mol. The van der Waals surface area contributed by atoms with Gasteiger partial charge in [-0.3, -0.25) is 4.79 Å². The van der Waals surface area contributed by atoms with Gasteiger partial charge in [0, 0.05) is 12.6 Å². The predicted molar refractivity (Wildman–Crippen MR) is 113 cm³/mol. The maximum absolute atomic E-state index is 12.8. The van der Waals surface area contributed by atoms with Gasteiger partial charge in [-0.15, -0.1) is 10.2 Å². The molecule has 28 heavy (non-hydrogen) atoms. The number of rotatable bonds is 6. The fourth-order valence-corrected chi connectivity index (χ4v) is 4.01. The Morgan fingerprint density at radius 2 is 1.79 bits per heavy atom. The molecule has 0 bridgehead atoms. The first kappa shape index (κ1) is 20.1. The van der Waals surface area contributed by atoms with E-state index in [1.165, 1.54) is 22.9 Å². The van der Waals surface area contributed by atoms with Gasteiger partial charge in [0.15, 0.2) is 16.8 Å². The van der Waals surface area contributed by atoms with Crippen molar-refractivity contribution in [2.45, 2.75) is 32.9 Å². The third kappa shape index (κ3) is 3.69. The lowest BCUT2D eigenvalue weighted by atomic mass is 9.93. The molecule has 0 amide bonds. The van der Waals surface area contributed by atoms with E-state index in [1.54, 1.807) is 7.11 Å². The van der Waals surface area contributed by atoms with Gasteiger partial charge in [-0.05, 0) is 68.1 Å². The maximum Gasteiger partial charge on any atom is 0.191 e. The fraction of sp³-hybridized carbons (Fsp3) is 0.318. The number of Topliss-reactive ketones (excluding diaryl/α,β-unsaturated/α-hetero) is 1. The third-order valence-corrected chi connectivity index (χ3v) is 6.32. The number of ketones is 1. The van der Waals surface area contributed by atoms with Crippen LogP contribution in [0.5, 0.6) is 5.75 Å². The first-order valence-corrected chi connectivity index (χ1v) is 10.1. The van der Waals surface area contributed by atoms with Crippen LogP contribution in [0.1, 0.15) is 32.6 Å². The van der Waals surface area contributed by atoms with E-state index in [9.17, 15) is 4.79 Å². The van der Waals surface area contributed by atoms with Gasteiger partial charge in [0.2, 0.25) is 0 Å². The highest BCUT2D eigenvalue weighted by Gasteiger charge is 2.18. The zero-order valence-corrected chi connectivity index (χ0v) is 18.0. The minimum absolute atomic E-state index is 0.107. The lowest BCUT2D eigenvalue weighted by Gasteiger charge is -2.13. The molecule has 0 saturated carbocycles. The third-order valence-electron chi connectivity index (χ3n) is 5.30. The molecule has 146 valence electrons. The van der Waals surface area contributed by atoms with Gasteiger partial charge in [0.1, 0.15) is 5.75 Å². The standard InChI is InChI=1S/C22H25N3O2S/c1-13-11-18(16(4)15(3)14(13)2)19(26)12-28-22-24-23-21(25(22)5)17-9-7-8-10-20(17)27-6/h7-11H,12H2,1-6H3. The van der Waals surface area contributed by atoms with Gasteiger partial charge < -0.3 is 9.30 Å². The number of hydrogen-bond acceptors (Lipinski definition) is 5. The summed E-state index contributed by atoms with van der Waals surface area (Å²) < 4.78 is 7.32. The van der Waals surface area contributed by atoms with Gasteiger partial charge in [0.25, 0.3) is 0 Å². The van der Waals surface area contributed by atoms with Crippen molar-refractivity contribution in [2.75, 3.05) is 12.9 Å². The van der Waals surface area contributed by atoms with Crippen molar-refractivity contribution in [2.24, 2.45) is 7.05 Å². The van der Waals surface area contributed by atoms with Crippen molar-refractivity contribution in [3.8, 4) is 17.1 Å². The van der Waals surface area contributed by atoms with E-state index in [4.69, 9.17) is 4.74 Å². The van der Waals surface area contributed by atoms with E-state index >= 15 is 0 Å². The Bertz CT molecular complexity index is 1040. The number of para-hydroxylation sites is 1. The topological polar surface area (TPSA) is 57.0 Å². The Hall–Kier alpha value is -2.60. The van der Waals surface area contributed by atoms with Crippen LogP contribution >= 0.6 is 11.8 Å². The summed E-state index contributed by atoms with van der Waals surface area (Å²) in [6, 6.07) is 9.70. The number of hydrogen-bond donors (Lipinski definition) is 0. The number of thioether (sulfide) groups is 1. The van der Waals surface area contributed by atoms with Crippen LogP contribution < -0.4 is 4.74 Å². The van der Waals surface area contributed by atoms with Crippen molar-refractivity contribution in [3.63, 3.8) is 0 Å². The SMILES string of the molecule is COc1ccccc1-c1nnc(SCC(=O)c2cc(C)c(C)c(C)c2C)n1C. The summed E-state index contributed by atoms with van der Waals surface area (Å²) in [7, 11) is 3.54. The van der Waals surface area contributed by atoms with Gasteiger partial charge in [-0.2, -0.15) is 0 Å². The van der Waals surface area contributed by atoms with E-state index in [0.717, 1.165) is 28.0 Å². The Morgan fingerprint density at radius 3 is 2.50 bits per heavy atom. The molecule has 0 aliphatic carbocycles. The quantitative estimate of drug-likeness (QED) is 0.447. The first-order chi connectivity index (χ1) is 13.3. The van der Waals surface area contributed by atoms with Crippen LogP contribution in [0.4, 0.5) is 0 Å². The summed E-state index contributed by atoms with van der Waals surface area (Å²) in [5, 5.41) is 9.28. The highest BCUT2D eigenvalue weighted by molar-refractivity contribution is 7.99. The Morgan fingerprint density at radius 1 is 1.07 bits per heavy atom. The Labute approximate surface area is 170 Å². The van der Waals surface area contributed by atoms with Crippen LogP contribution in [0.2, 0.25) is 0 Å². The molecule has 0 fully saturated rings. The molecule has 2 aromatic carbocycles.